The maximum absolute atomic E-state index is 13.8. The molecule has 0 bridgehead atoms. The van der Waals surface area contributed by atoms with E-state index in [0.717, 1.165) is 29.6 Å². The molecule has 168 valence electrons. The second kappa shape index (κ2) is 8.94. The summed E-state index contributed by atoms with van der Waals surface area (Å²) in [5.41, 5.74) is 3.84. The molecule has 2 aromatic carbocycles. The van der Waals surface area contributed by atoms with Crippen LogP contribution in [-0.2, 0) is 6.54 Å². The van der Waals surface area contributed by atoms with E-state index in [1.165, 1.54) is 19.3 Å². The van der Waals surface area contributed by atoms with Crippen LogP contribution < -0.4 is 5.56 Å². The molecule has 0 N–H and O–H groups in total. The maximum atomic E-state index is 13.8. The van der Waals surface area contributed by atoms with E-state index < -0.39 is 0 Å². The van der Waals surface area contributed by atoms with Gasteiger partial charge in [-0.3, -0.25) is 13.9 Å². The Morgan fingerprint density at radius 2 is 1.55 bits per heavy atom. The molecule has 0 saturated heterocycles. The first kappa shape index (κ1) is 21.6. The zero-order valence-corrected chi connectivity index (χ0v) is 19.6. The van der Waals surface area contributed by atoms with Gasteiger partial charge in [-0.25, -0.2) is 15.0 Å². The van der Waals surface area contributed by atoms with Gasteiger partial charge in [-0.2, -0.15) is 0 Å². The lowest BCUT2D eigenvalue weighted by molar-refractivity contribution is 0.546. The second-order valence-electron chi connectivity index (χ2n) is 8.40. The summed E-state index contributed by atoms with van der Waals surface area (Å²) in [6, 6.07) is 15.2. The van der Waals surface area contributed by atoms with Crippen molar-refractivity contribution in [3.05, 3.63) is 69.7 Å². The Morgan fingerprint density at radius 3 is 2.30 bits per heavy atom. The third-order valence-electron chi connectivity index (χ3n) is 6.13. The van der Waals surface area contributed by atoms with Gasteiger partial charge in [0, 0.05) is 6.54 Å². The van der Waals surface area contributed by atoms with Gasteiger partial charge in [-0.05, 0) is 37.6 Å². The highest BCUT2D eigenvalue weighted by atomic mass is 35.5. The van der Waals surface area contributed by atoms with Crippen LogP contribution in [0.25, 0.3) is 38.9 Å². The summed E-state index contributed by atoms with van der Waals surface area (Å²) in [7, 11) is 0. The first-order chi connectivity index (χ1) is 16.1. The lowest BCUT2D eigenvalue weighted by atomic mass is 10.1. The van der Waals surface area contributed by atoms with Crippen LogP contribution in [0.2, 0.25) is 5.02 Å². The average Bonchev–Trinajstić information content (AvgIpc) is 3.12. The standard InChI is InChI=1S/C26H26ClN5O/c1-3-4-5-6-11-16-31-17(2)28-24-22(26(31)33)23-25(30-20-14-9-8-13-19(20)29-23)32(24)21-15-10-7-12-18(21)27/h7-10,12-15H,3-6,11,16H2,1-2H3. The van der Waals surface area contributed by atoms with Gasteiger partial charge in [0.25, 0.3) is 5.56 Å². The Morgan fingerprint density at radius 1 is 0.848 bits per heavy atom. The van der Waals surface area contributed by atoms with Gasteiger partial charge >= 0.3 is 0 Å². The van der Waals surface area contributed by atoms with E-state index in [4.69, 9.17) is 26.6 Å². The van der Waals surface area contributed by atoms with Crippen LogP contribution in [0, 0.1) is 6.92 Å². The molecule has 0 saturated carbocycles. The molecular formula is C26H26ClN5O. The van der Waals surface area contributed by atoms with Crippen LogP contribution in [-0.4, -0.2) is 24.1 Å². The lowest BCUT2D eigenvalue weighted by Crippen LogP contribution is -2.24. The third-order valence-corrected chi connectivity index (χ3v) is 6.45. The Labute approximate surface area is 196 Å². The van der Waals surface area contributed by atoms with Crippen molar-refractivity contribution in [2.45, 2.75) is 52.5 Å². The SMILES string of the molecule is CCCCCCCn1c(C)nc2c(c1=O)c1nc3ccccc3nc1n2-c1ccccc1Cl. The molecule has 0 spiro atoms. The molecule has 0 amide bonds. The number of para-hydroxylation sites is 3. The fourth-order valence-corrected chi connectivity index (χ4v) is 4.65. The van der Waals surface area contributed by atoms with Crippen molar-refractivity contribution in [3.63, 3.8) is 0 Å². The number of hydrogen-bond acceptors (Lipinski definition) is 4. The van der Waals surface area contributed by atoms with Crippen LogP contribution in [0.3, 0.4) is 0 Å². The Bertz CT molecular complexity index is 1540. The predicted molar refractivity (Wildman–Crippen MR) is 134 cm³/mol. The van der Waals surface area contributed by atoms with Gasteiger partial charge in [0.2, 0.25) is 0 Å². The molecule has 0 unspecified atom stereocenters. The summed E-state index contributed by atoms with van der Waals surface area (Å²) in [6.07, 6.45) is 5.65. The maximum Gasteiger partial charge on any atom is 0.265 e. The van der Waals surface area contributed by atoms with Crippen molar-refractivity contribution < 1.29 is 0 Å². The zero-order chi connectivity index (χ0) is 22.9. The van der Waals surface area contributed by atoms with Crippen molar-refractivity contribution in [1.82, 2.24) is 24.1 Å². The molecule has 0 aliphatic heterocycles. The Balaban J connectivity index is 1.79. The average molecular weight is 460 g/mol. The number of hydrogen-bond donors (Lipinski definition) is 0. The number of aromatic nitrogens is 5. The van der Waals surface area contributed by atoms with Gasteiger partial charge < -0.3 is 0 Å². The summed E-state index contributed by atoms with van der Waals surface area (Å²) >= 11 is 6.58. The number of unbranched alkanes of at least 4 members (excludes halogenated alkanes) is 4. The molecule has 0 aliphatic carbocycles. The molecule has 0 aliphatic rings. The van der Waals surface area contributed by atoms with Crippen molar-refractivity contribution in [2.24, 2.45) is 0 Å². The quantitative estimate of drug-likeness (QED) is 0.271. The number of halogens is 1. The predicted octanol–water partition coefficient (Wildman–Crippen LogP) is 6.22. The van der Waals surface area contributed by atoms with Gasteiger partial charge in [0.15, 0.2) is 11.3 Å². The molecule has 3 heterocycles. The van der Waals surface area contributed by atoms with Crippen LogP contribution in [0.15, 0.2) is 53.3 Å². The minimum Gasteiger partial charge on any atom is -0.296 e. The first-order valence-corrected chi connectivity index (χ1v) is 11.9. The number of aryl methyl sites for hydroxylation is 1. The molecule has 5 rings (SSSR count). The number of fused-ring (bicyclic) bond motifs is 4. The molecule has 6 nitrogen and oxygen atoms in total. The third kappa shape index (κ3) is 3.78. The first-order valence-electron chi connectivity index (χ1n) is 11.5. The van der Waals surface area contributed by atoms with E-state index in [1.54, 1.807) is 4.57 Å². The van der Waals surface area contributed by atoms with E-state index in [0.29, 0.717) is 39.6 Å². The summed E-state index contributed by atoms with van der Waals surface area (Å²) in [4.78, 5) is 28.4. The smallest absolute Gasteiger partial charge is 0.265 e. The highest BCUT2D eigenvalue weighted by Crippen LogP contribution is 2.31. The summed E-state index contributed by atoms with van der Waals surface area (Å²) in [5.74, 6) is 0.684. The van der Waals surface area contributed by atoms with Gasteiger partial charge in [0.05, 0.1) is 21.7 Å². The largest absolute Gasteiger partial charge is 0.296 e. The van der Waals surface area contributed by atoms with E-state index in [9.17, 15) is 4.79 Å². The fourth-order valence-electron chi connectivity index (χ4n) is 4.43. The van der Waals surface area contributed by atoms with Crippen molar-refractivity contribution >= 4 is 44.8 Å². The van der Waals surface area contributed by atoms with Crippen LogP contribution >= 0.6 is 11.6 Å². The molecule has 3 aromatic heterocycles. The normalized spacial score (nSPS) is 11.7. The van der Waals surface area contributed by atoms with Crippen molar-refractivity contribution in [3.8, 4) is 5.69 Å². The van der Waals surface area contributed by atoms with Crippen molar-refractivity contribution in [1.29, 1.82) is 0 Å². The molecule has 7 heteroatoms. The van der Waals surface area contributed by atoms with Gasteiger partial charge in [-0.1, -0.05) is 68.5 Å². The molecule has 33 heavy (non-hydrogen) atoms. The monoisotopic (exact) mass is 459 g/mol. The van der Waals surface area contributed by atoms with Gasteiger partial charge in [-0.15, -0.1) is 0 Å². The van der Waals surface area contributed by atoms with Crippen LogP contribution in [0.5, 0.6) is 0 Å². The molecule has 0 fully saturated rings. The van der Waals surface area contributed by atoms with Crippen LogP contribution in [0.1, 0.15) is 44.9 Å². The topological polar surface area (TPSA) is 65.6 Å². The zero-order valence-electron chi connectivity index (χ0n) is 18.9. The number of nitrogens with zero attached hydrogens (tertiary/aromatic N) is 5. The fraction of sp³-hybridized carbons (Fsp3) is 0.308. The molecule has 0 radical (unpaired) electrons. The Hall–Kier alpha value is -3.25. The minimum atomic E-state index is -0.0756. The highest BCUT2D eigenvalue weighted by Gasteiger charge is 2.23. The molecular weight excluding hydrogens is 434 g/mol. The number of benzene rings is 2. The summed E-state index contributed by atoms with van der Waals surface area (Å²) in [6.45, 7) is 4.74. The van der Waals surface area contributed by atoms with Crippen LogP contribution in [0.4, 0.5) is 0 Å². The van der Waals surface area contributed by atoms with E-state index in [1.807, 2.05) is 60.0 Å². The van der Waals surface area contributed by atoms with E-state index in [-0.39, 0.29) is 5.56 Å². The van der Waals surface area contributed by atoms with E-state index >= 15 is 0 Å². The van der Waals surface area contributed by atoms with E-state index in [2.05, 4.69) is 6.92 Å². The second-order valence-corrected chi connectivity index (χ2v) is 8.81. The minimum absolute atomic E-state index is 0.0756. The van der Waals surface area contributed by atoms with Gasteiger partial charge in [0.1, 0.15) is 16.7 Å². The molecule has 0 atom stereocenters. The lowest BCUT2D eigenvalue weighted by Gasteiger charge is -2.11. The highest BCUT2D eigenvalue weighted by molar-refractivity contribution is 6.32. The number of rotatable bonds is 7. The summed E-state index contributed by atoms with van der Waals surface area (Å²) < 4.78 is 3.65. The van der Waals surface area contributed by atoms with Crippen molar-refractivity contribution in [2.75, 3.05) is 0 Å². The Kier molecular flexibility index (Phi) is 5.85. The molecule has 5 aromatic rings. The summed E-state index contributed by atoms with van der Waals surface area (Å²) in [5, 5.41) is 1.05.